The van der Waals surface area contributed by atoms with Crippen molar-refractivity contribution in [2.24, 2.45) is 0 Å². The maximum absolute atomic E-state index is 8.69. The molecule has 0 aliphatic rings. The van der Waals surface area contributed by atoms with Crippen LogP contribution in [-0.4, -0.2) is 73.1 Å². The summed E-state index contributed by atoms with van der Waals surface area (Å²) in [5.74, 6) is 0. The van der Waals surface area contributed by atoms with Crippen LogP contribution in [0.1, 0.15) is 0 Å². The molecule has 0 aliphatic carbocycles. The van der Waals surface area contributed by atoms with E-state index in [0.717, 1.165) is 0 Å². The summed E-state index contributed by atoms with van der Waals surface area (Å²) in [6.07, 6.45) is 0. The molecule has 0 amide bonds. The predicted octanol–water partition coefficient (Wildman–Crippen LogP) is -1.30. The maximum atomic E-state index is 8.69. The first-order chi connectivity index (χ1) is 2.00. The van der Waals surface area contributed by atoms with Crippen molar-refractivity contribution in [2.75, 3.05) is 0 Å². The normalized spacial score (nSPS) is 9.50. The summed E-state index contributed by atoms with van der Waals surface area (Å²) in [7, 11) is 0. The van der Waals surface area contributed by atoms with Gasteiger partial charge in [-0.05, 0) is 0 Å². The van der Waals surface area contributed by atoms with Crippen LogP contribution in [0.4, 0.5) is 0 Å². The Morgan fingerprint density at radius 2 is 1.17 bits per heavy atom. The minimum atomic E-state index is -5.38. The fraction of sp³-hybridized carbons (Fsp3) is 0. The molecule has 0 saturated carbocycles. The average molecular weight is 253 g/mol. The van der Waals surface area contributed by atoms with Crippen LogP contribution in [-0.2, 0) is 24.5 Å². The van der Waals surface area contributed by atoms with Gasteiger partial charge in [-0.1, -0.05) is 0 Å². The van der Waals surface area contributed by atoms with Gasteiger partial charge in [0.1, 0.15) is 0 Å². The molecule has 0 saturated heterocycles. The Morgan fingerprint density at radius 1 is 1.17 bits per heavy atom. The van der Waals surface area contributed by atoms with Gasteiger partial charge < -0.3 is 0 Å². The molecule has 6 heavy (non-hydrogen) atoms. The zero-order chi connectivity index (χ0) is 4.50. The first kappa shape index (κ1) is 10.8. The molecule has 1 N–H and O–H groups in total. The average Bonchev–Trinajstić information content (AvgIpc) is 0.722. The van der Waals surface area contributed by atoms with Gasteiger partial charge in [-0.25, -0.2) is 0 Å². The van der Waals surface area contributed by atoms with E-state index in [9.17, 15) is 0 Å². The molecule has 6 heteroatoms. The summed E-state index contributed by atoms with van der Waals surface area (Å²) in [4.78, 5) is 0. The van der Waals surface area contributed by atoms with Crippen LogP contribution in [0.2, 0.25) is 0 Å². The van der Waals surface area contributed by atoms with Crippen molar-refractivity contribution in [2.45, 2.75) is 0 Å². The monoisotopic (exact) mass is 253 g/mol. The van der Waals surface area contributed by atoms with Crippen LogP contribution >= 0.6 is 0 Å². The van der Waals surface area contributed by atoms with Gasteiger partial charge in [0.05, 0.1) is 0 Å². The molecular formula is HCsMnO4. The molecule has 0 aromatic rings. The van der Waals surface area contributed by atoms with Crippen molar-refractivity contribution < 1.29 is 28.7 Å². The van der Waals surface area contributed by atoms with Crippen LogP contribution in [0.25, 0.3) is 0 Å². The Labute approximate surface area is 94.9 Å². The second-order valence-electron chi connectivity index (χ2n) is 0.396. The molecule has 0 atom stereocenters. The summed E-state index contributed by atoms with van der Waals surface area (Å²) in [6.45, 7) is 0. The predicted molar refractivity (Wildman–Crippen MR) is 10.0 cm³/mol. The van der Waals surface area contributed by atoms with E-state index in [2.05, 4.69) is 0 Å². The third kappa shape index (κ3) is 38.7. The second-order valence-corrected chi connectivity index (χ2v) is 1.63. The van der Waals surface area contributed by atoms with Gasteiger partial charge in [0.25, 0.3) is 0 Å². The third-order valence-electron chi connectivity index (χ3n) is 0. The molecule has 0 heterocycles. The molecule has 0 aliphatic heterocycles. The third-order valence-corrected chi connectivity index (χ3v) is 0. The van der Waals surface area contributed by atoms with Gasteiger partial charge in [0.15, 0.2) is 0 Å². The van der Waals surface area contributed by atoms with Crippen LogP contribution in [0.3, 0.4) is 0 Å². The Kier molecular flexibility index (Phi) is 7.00. The van der Waals surface area contributed by atoms with Gasteiger partial charge in [0.2, 0.25) is 0 Å². The van der Waals surface area contributed by atoms with Gasteiger partial charge >= 0.3 is 28.7 Å². The molecule has 33 valence electrons. The van der Waals surface area contributed by atoms with Crippen LogP contribution in [0.5, 0.6) is 0 Å². The fourth-order valence-electron chi connectivity index (χ4n) is 0. The van der Waals surface area contributed by atoms with Gasteiger partial charge in [-0.15, -0.1) is 0 Å². The van der Waals surface area contributed by atoms with Crippen LogP contribution in [0, 0.1) is 0 Å². The first-order valence-corrected chi connectivity index (χ1v) is 2.61. The van der Waals surface area contributed by atoms with Gasteiger partial charge in [-0.2, -0.15) is 0 Å². The molecule has 0 rings (SSSR count). The molecular weight excluding hydrogens is 252 g/mol. The summed E-state index contributed by atoms with van der Waals surface area (Å²) in [5.41, 5.74) is 0. The van der Waals surface area contributed by atoms with Crippen molar-refractivity contribution in [1.82, 2.24) is 0 Å². The van der Waals surface area contributed by atoms with E-state index in [1.807, 2.05) is 0 Å². The first-order valence-electron chi connectivity index (χ1n) is 0.632. The Bertz CT molecular complexity index is 129. The van der Waals surface area contributed by atoms with Crippen LogP contribution < -0.4 is 0 Å². The minimum absolute atomic E-state index is 0. The number of hydrogen-bond donors (Lipinski definition) is 1. The SMILES string of the molecule is [Cs].[O]=[Mn](=[O])(=[O])[OH]. The van der Waals surface area contributed by atoms with Crippen molar-refractivity contribution >= 4 is 68.9 Å². The number of rotatable bonds is 0. The topological polar surface area (TPSA) is 71.4 Å². The van der Waals surface area contributed by atoms with Gasteiger partial charge in [-0.3, -0.25) is 0 Å². The van der Waals surface area contributed by atoms with Crippen molar-refractivity contribution in [3.63, 3.8) is 0 Å². The zero-order valence-corrected chi connectivity index (χ0v) is 10.5. The molecule has 0 unspecified atom stereocenters. The van der Waals surface area contributed by atoms with E-state index in [0.29, 0.717) is 0 Å². The molecule has 0 spiro atoms. The van der Waals surface area contributed by atoms with Crippen molar-refractivity contribution in [3.8, 4) is 0 Å². The zero-order valence-electron chi connectivity index (χ0n) is 3.05. The Balaban J connectivity index is 0. The van der Waals surface area contributed by atoms with Crippen molar-refractivity contribution in [1.29, 1.82) is 0 Å². The van der Waals surface area contributed by atoms with E-state index < -0.39 is 13.0 Å². The van der Waals surface area contributed by atoms with Gasteiger partial charge in [0, 0.05) is 68.9 Å². The standard InChI is InChI=1S/Cs.Mn.H2O.3O/h;;1H2;;;/q;+1;;;;/p-1. The number of hydrogen-bond acceptors (Lipinski definition) is 3. The molecule has 4 nitrogen and oxygen atoms in total. The summed E-state index contributed by atoms with van der Waals surface area (Å²) < 4.78 is 33.1. The molecule has 0 aromatic heterocycles. The van der Waals surface area contributed by atoms with Crippen LogP contribution in [0.15, 0.2) is 0 Å². The molecule has 0 aromatic carbocycles. The Morgan fingerprint density at radius 3 is 1.17 bits per heavy atom. The van der Waals surface area contributed by atoms with E-state index in [-0.39, 0.29) is 68.9 Å². The molecule has 0 bridgehead atoms. The second kappa shape index (κ2) is 3.88. The van der Waals surface area contributed by atoms with E-state index in [4.69, 9.17) is 15.7 Å². The molecule has 1 radical (unpaired) electrons. The Hall–Kier alpha value is 1.93. The quantitative estimate of drug-likeness (QED) is 0.545. The summed E-state index contributed by atoms with van der Waals surface area (Å²) in [6, 6.07) is 0. The van der Waals surface area contributed by atoms with Crippen molar-refractivity contribution in [3.05, 3.63) is 0 Å². The summed E-state index contributed by atoms with van der Waals surface area (Å²) >= 11 is -5.38. The molecule has 0 fully saturated rings. The summed E-state index contributed by atoms with van der Waals surface area (Å²) in [5, 5.41) is 0. The van der Waals surface area contributed by atoms with E-state index >= 15 is 0 Å². The fourth-order valence-corrected chi connectivity index (χ4v) is 0. The van der Waals surface area contributed by atoms with E-state index in [1.54, 1.807) is 0 Å². The van der Waals surface area contributed by atoms with E-state index in [1.165, 1.54) is 0 Å².